The van der Waals surface area contributed by atoms with Crippen LogP contribution in [-0.2, 0) is 0 Å². The van der Waals surface area contributed by atoms with E-state index in [9.17, 15) is 4.79 Å². The van der Waals surface area contributed by atoms with E-state index in [1.807, 2.05) is 17.5 Å². The molecule has 0 radical (unpaired) electrons. The zero-order valence-corrected chi connectivity index (χ0v) is 9.69. The van der Waals surface area contributed by atoms with E-state index in [2.05, 4.69) is 5.32 Å². The molecule has 0 aliphatic heterocycles. The van der Waals surface area contributed by atoms with E-state index in [1.165, 1.54) is 37.0 Å². The first-order chi connectivity index (χ1) is 7.36. The second-order valence-electron chi connectivity index (χ2n) is 4.09. The first-order valence-corrected chi connectivity index (χ1v) is 6.54. The number of hydrogen-bond donors (Lipinski definition) is 1. The fourth-order valence-electron chi connectivity index (χ4n) is 2.08. The van der Waals surface area contributed by atoms with Crippen molar-refractivity contribution < 1.29 is 4.79 Å². The van der Waals surface area contributed by atoms with E-state index < -0.39 is 0 Å². The largest absolute Gasteiger partial charge is 0.314 e. The third-order valence-corrected chi connectivity index (χ3v) is 3.85. The molecular formula is C12H17NOS. The summed E-state index contributed by atoms with van der Waals surface area (Å²) in [6, 6.07) is 4.51. The molecule has 2 nitrogen and oxygen atoms in total. The first kappa shape index (κ1) is 10.8. The lowest BCUT2D eigenvalue weighted by atomic mass is 10.2. The van der Waals surface area contributed by atoms with Crippen LogP contribution in [0.2, 0.25) is 0 Å². The summed E-state index contributed by atoms with van der Waals surface area (Å²) in [7, 11) is 0. The highest BCUT2D eigenvalue weighted by Crippen LogP contribution is 2.17. The highest BCUT2D eigenvalue weighted by Gasteiger charge is 2.14. The van der Waals surface area contributed by atoms with Crippen molar-refractivity contribution in [3.63, 3.8) is 0 Å². The number of Topliss-reactive ketones (excluding diaryl/α,β-unsaturated/α-hetero) is 1. The molecule has 1 aliphatic rings. The van der Waals surface area contributed by atoms with Crippen LogP contribution in [0.5, 0.6) is 0 Å². The topological polar surface area (TPSA) is 29.1 Å². The van der Waals surface area contributed by atoms with Gasteiger partial charge in [0.25, 0.3) is 0 Å². The fourth-order valence-corrected chi connectivity index (χ4v) is 2.77. The summed E-state index contributed by atoms with van der Waals surface area (Å²) in [5.74, 6) is 0.274. The Kier molecular flexibility index (Phi) is 3.92. The third-order valence-electron chi connectivity index (χ3n) is 2.94. The van der Waals surface area contributed by atoms with E-state index in [4.69, 9.17) is 0 Å². The molecule has 1 aliphatic carbocycles. The molecule has 1 N–H and O–H groups in total. The minimum atomic E-state index is 0.274. The average molecular weight is 223 g/mol. The molecule has 1 saturated carbocycles. The van der Waals surface area contributed by atoms with E-state index in [-0.39, 0.29) is 5.78 Å². The number of ketones is 1. The number of thiophene rings is 1. The molecule has 15 heavy (non-hydrogen) atoms. The van der Waals surface area contributed by atoms with Gasteiger partial charge < -0.3 is 5.32 Å². The van der Waals surface area contributed by atoms with Gasteiger partial charge in [0.2, 0.25) is 0 Å². The summed E-state index contributed by atoms with van der Waals surface area (Å²) in [4.78, 5) is 12.5. The van der Waals surface area contributed by atoms with Crippen LogP contribution >= 0.6 is 11.3 Å². The first-order valence-electron chi connectivity index (χ1n) is 5.66. The van der Waals surface area contributed by atoms with Gasteiger partial charge >= 0.3 is 0 Å². The SMILES string of the molecule is O=C(CCNC1CCCC1)c1cccs1. The van der Waals surface area contributed by atoms with Gasteiger partial charge in [-0.05, 0) is 24.3 Å². The van der Waals surface area contributed by atoms with Gasteiger partial charge in [-0.15, -0.1) is 11.3 Å². The summed E-state index contributed by atoms with van der Waals surface area (Å²) >= 11 is 1.54. The summed E-state index contributed by atoms with van der Waals surface area (Å²) in [6.07, 6.45) is 5.89. The van der Waals surface area contributed by atoms with E-state index in [0.29, 0.717) is 12.5 Å². The Morgan fingerprint density at radius 1 is 1.47 bits per heavy atom. The standard InChI is InChI=1S/C12H17NOS/c14-11(12-6-3-9-15-12)7-8-13-10-4-1-2-5-10/h3,6,9-10,13H,1-2,4-5,7-8H2. The maximum atomic E-state index is 11.6. The minimum absolute atomic E-state index is 0.274. The van der Waals surface area contributed by atoms with Crippen molar-refractivity contribution in [1.29, 1.82) is 0 Å². The van der Waals surface area contributed by atoms with Gasteiger partial charge in [-0.3, -0.25) is 4.79 Å². The van der Waals surface area contributed by atoms with Gasteiger partial charge in [0, 0.05) is 19.0 Å². The van der Waals surface area contributed by atoms with Crippen LogP contribution in [0.3, 0.4) is 0 Å². The van der Waals surface area contributed by atoms with Crippen LogP contribution in [0, 0.1) is 0 Å². The summed E-state index contributed by atoms with van der Waals surface area (Å²) in [5, 5.41) is 5.41. The zero-order valence-electron chi connectivity index (χ0n) is 8.87. The normalized spacial score (nSPS) is 17.1. The molecule has 0 bridgehead atoms. The maximum Gasteiger partial charge on any atom is 0.174 e. The molecule has 0 aromatic carbocycles. The second-order valence-corrected chi connectivity index (χ2v) is 5.03. The lowest BCUT2D eigenvalue weighted by molar-refractivity contribution is 0.0985. The summed E-state index contributed by atoms with van der Waals surface area (Å²) in [5.41, 5.74) is 0. The van der Waals surface area contributed by atoms with Gasteiger partial charge in [0.05, 0.1) is 4.88 Å². The van der Waals surface area contributed by atoms with Gasteiger partial charge in [-0.2, -0.15) is 0 Å². The van der Waals surface area contributed by atoms with Crippen molar-refractivity contribution in [2.24, 2.45) is 0 Å². The lowest BCUT2D eigenvalue weighted by Gasteiger charge is -2.10. The molecular weight excluding hydrogens is 206 g/mol. The molecule has 1 heterocycles. The number of rotatable bonds is 5. The Balaban J connectivity index is 1.67. The van der Waals surface area contributed by atoms with Crippen molar-refractivity contribution in [3.8, 4) is 0 Å². The van der Waals surface area contributed by atoms with Crippen LogP contribution < -0.4 is 5.32 Å². The van der Waals surface area contributed by atoms with Crippen molar-refractivity contribution in [2.45, 2.75) is 38.1 Å². The number of hydrogen-bond acceptors (Lipinski definition) is 3. The van der Waals surface area contributed by atoms with Crippen molar-refractivity contribution in [2.75, 3.05) is 6.54 Å². The van der Waals surface area contributed by atoms with Gasteiger partial charge in [0.15, 0.2) is 5.78 Å². The molecule has 0 unspecified atom stereocenters. The molecule has 1 aromatic rings. The quantitative estimate of drug-likeness (QED) is 0.778. The van der Waals surface area contributed by atoms with Gasteiger partial charge in [0.1, 0.15) is 0 Å². The van der Waals surface area contributed by atoms with Crippen molar-refractivity contribution in [1.82, 2.24) is 5.32 Å². The molecule has 0 amide bonds. The summed E-state index contributed by atoms with van der Waals surface area (Å²) < 4.78 is 0. The molecule has 0 spiro atoms. The Morgan fingerprint density at radius 3 is 2.93 bits per heavy atom. The number of carbonyl (C=O) groups is 1. The highest BCUT2D eigenvalue weighted by molar-refractivity contribution is 7.12. The molecule has 0 saturated heterocycles. The highest BCUT2D eigenvalue weighted by atomic mass is 32.1. The minimum Gasteiger partial charge on any atom is -0.314 e. The second kappa shape index (κ2) is 5.42. The lowest BCUT2D eigenvalue weighted by Crippen LogP contribution is -2.28. The van der Waals surface area contributed by atoms with Crippen molar-refractivity contribution in [3.05, 3.63) is 22.4 Å². The third kappa shape index (κ3) is 3.14. The monoisotopic (exact) mass is 223 g/mol. The predicted molar refractivity (Wildman–Crippen MR) is 63.5 cm³/mol. The Morgan fingerprint density at radius 2 is 2.27 bits per heavy atom. The predicted octanol–water partition coefficient (Wildman–Crippen LogP) is 2.85. The van der Waals surface area contributed by atoms with Crippen LogP contribution in [-0.4, -0.2) is 18.4 Å². The molecule has 1 fully saturated rings. The van der Waals surface area contributed by atoms with Gasteiger partial charge in [-0.25, -0.2) is 0 Å². The molecule has 0 atom stereocenters. The van der Waals surface area contributed by atoms with Crippen molar-refractivity contribution >= 4 is 17.1 Å². The maximum absolute atomic E-state index is 11.6. The number of nitrogens with one attached hydrogen (secondary N) is 1. The van der Waals surface area contributed by atoms with Crippen LogP contribution in [0.4, 0.5) is 0 Å². The molecule has 1 aromatic heterocycles. The zero-order chi connectivity index (χ0) is 10.5. The van der Waals surface area contributed by atoms with Gasteiger partial charge in [-0.1, -0.05) is 18.9 Å². The molecule has 82 valence electrons. The van der Waals surface area contributed by atoms with Crippen LogP contribution in [0.1, 0.15) is 41.8 Å². The van der Waals surface area contributed by atoms with E-state index in [0.717, 1.165) is 11.4 Å². The number of carbonyl (C=O) groups excluding carboxylic acids is 1. The molecule has 3 heteroatoms. The Bertz CT molecular complexity index is 301. The van der Waals surface area contributed by atoms with E-state index in [1.54, 1.807) is 0 Å². The summed E-state index contributed by atoms with van der Waals surface area (Å²) in [6.45, 7) is 0.835. The average Bonchev–Trinajstić information content (AvgIpc) is 2.90. The molecule has 2 rings (SSSR count). The fraction of sp³-hybridized carbons (Fsp3) is 0.583. The smallest absolute Gasteiger partial charge is 0.174 e. The Hall–Kier alpha value is -0.670. The van der Waals surface area contributed by atoms with Crippen LogP contribution in [0.15, 0.2) is 17.5 Å². The van der Waals surface area contributed by atoms with Crippen LogP contribution in [0.25, 0.3) is 0 Å². The van der Waals surface area contributed by atoms with E-state index >= 15 is 0 Å². The Labute approximate surface area is 94.7 Å².